The van der Waals surface area contributed by atoms with Crippen molar-refractivity contribution >= 4 is 0 Å². The molecular formula is C23H36NO2+. The molecule has 26 heavy (non-hydrogen) atoms. The van der Waals surface area contributed by atoms with Crippen LogP contribution in [0.25, 0.3) is 0 Å². The van der Waals surface area contributed by atoms with Gasteiger partial charge >= 0.3 is 0 Å². The van der Waals surface area contributed by atoms with Gasteiger partial charge in [-0.15, -0.1) is 0 Å². The fraction of sp³-hybridized carbons (Fsp3) is 0.739. The second-order valence-electron chi connectivity index (χ2n) is 10.4. The van der Waals surface area contributed by atoms with Crippen molar-refractivity contribution in [1.29, 1.82) is 0 Å². The number of nitrogens with one attached hydrogen (secondary N) is 1. The number of fused-ring (bicyclic) bond motifs is 3. The number of quaternary nitrogens is 1. The first kappa shape index (κ1) is 18.5. The molecule has 2 aliphatic carbocycles. The van der Waals surface area contributed by atoms with Crippen molar-refractivity contribution < 1.29 is 14.7 Å². The second kappa shape index (κ2) is 6.92. The number of hydrogen-bond donors (Lipinski definition) is 2. The van der Waals surface area contributed by atoms with E-state index in [1.165, 1.54) is 43.4 Å². The molecule has 1 heterocycles. The zero-order valence-corrected chi connectivity index (χ0v) is 16.8. The van der Waals surface area contributed by atoms with Crippen molar-refractivity contribution in [2.75, 3.05) is 19.7 Å². The minimum atomic E-state index is -0.356. The maximum Gasteiger partial charge on any atom is 0.126 e. The molecule has 1 saturated carbocycles. The van der Waals surface area contributed by atoms with E-state index in [-0.39, 0.29) is 12.2 Å². The topological polar surface area (TPSA) is 33.9 Å². The Labute approximate surface area is 158 Å². The van der Waals surface area contributed by atoms with Gasteiger partial charge in [0, 0.05) is 18.3 Å². The van der Waals surface area contributed by atoms with Gasteiger partial charge in [-0.25, -0.2) is 0 Å². The van der Waals surface area contributed by atoms with Crippen LogP contribution in [0.15, 0.2) is 24.3 Å². The smallest absolute Gasteiger partial charge is 0.126 e. The lowest BCUT2D eigenvalue weighted by molar-refractivity contribution is -0.917. The molecule has 1 unspecified atom stereocenters. The van der Waals surface area contributed by atoms with E-state index in [0.717, 1.165) is 19.4 Å². The minimum Gasteiger partial charge on any atom is -0.385 e. The lowest BCUT2D eigenvalue weighted by Crippen LogP contribution is -3.15. The molecule has 4 rings (SSSR count). The van der Waals surface area contributed by atoms with Crippen LogP contribution in [-0.2, 0) is 11.2 Å². The Morgan fingerprint density at radius 2 is 2.04 bits per heavy atom. The Bertz CT molecular complexity index is 643. The van der Waals surface area contributed by atoms with Gasteiger partial charge in [0.25, 0.3) is 0 Å². The van der Waals surface area contributed by atoms with Crippen LogP contribution in [-0.4, -0.2) is 36.9 Å². The van der Waals surface area contributed by atoms with Gasteiger partial charge in [-0.2, -0.15) is 0 Å². The van der Waals surface area contributed by atoms with Crippen LogP contribution in [0.1, 0.15) is 70.1 Å². The summed E-state index contributed by atoms with van der Waals surface area (Å²) < 4.78 is 6.20. The fourth-order valence-electron chi connectivity index (χ4n) is 6.46. The molecule has 0 amide bonds. The Balaban J connectivity index is 1.32. The molecule has 0 aromatic heterocycles. The van der Waals surface area contributed by atoms with Crippen LogP contribution in [0.2, 0.25) is 0 Å². The third kappa shape index (κ3) is 3.85. The summed E-state index contributed by atoms with van der Waals surface area (Å²) in [7, 11) is 0. The molecule has 3 aliphatic rings. The number of hydrogen-bond acceptors (Lipinski definition) is 2. The Morgan fingerprint density at radius 3 is 2.88 bits per heavy atom. The molecule has 1 aliphatic heterocycles. The predicted octanol–water partition coefficient (Wildman–Crippen LogP) is 2.93. The summed E-state index contributed by atoms with van der Waals surface area (Å²) in [5, 5.41) is 10.7. The molecule has 2 bridgehead atoms. The average molecular weight is 359 g/mol. The SMILES string of the molecule is CC1(C)C[C@H]2C[C@](C)(C[NH+]2C[C@H](O)CO[C@H]2CCCc3ccccc32)C1. The average Bonchev–Trinajstić information content (AvgIpc) is 2.81. The third-order valence-corrected chi connectivity index (χ3v) is 6.98. The molecule has 5 atom stereocenters. The van der Waals surface area contributed by atoms with Crippen molar-refractivity contribution in [2.45, 2.75) is 77.5 Å². The first-order valence-corrected chi connectivity index (χ1v) is 10.6. The normalized spacial score (nSPS) is 36.5. The monoisotopic (exact) mass is 358 g/mol. The quantitative estimate of drug-likeness (QED) is 0.849. The first-order chi connectivity index (χ1) is 12.3. The predicted molar refractivity (Wildman–Crippen MR) is 104 cm³/mol. The zero-order chi connectivity index (χ0) is 18.4. The summed E-state index contributed by atoms with van der Waals surface area (Å²) in [6, 6.07) is 9.36. The summed E-state index contributed by atoms with van der Waals surface area (Å²) in [6.45, 7) is 9.81. The van der Waals surface area contributed by atoms with Crippen LogP contribution < -0.4 is 4.90 Å². The maximum atomic E-state index is 10.7. The third-order valence-electron chi connectivity index (χ3n) is 6.98. The maximum absolute atomic E-state index is 10.7. The van der Waals surface area contributed by atoms with E-state index >= 15 is 0 Å². The minimum absolute atomic E-state index is 0.166. The molecule has 2 N–H and O–H groups in total. The van der Waals surface area contributed by atoms with Gasteiger partial charge in [0.2, 0.25) is 0 Å². The van der Waals surface area contributed by atoms with Gasteiger partial charge in [0.15, 0.2) is 0 Å². The molecule has 2 fully saturated rings. The molecule has 1 aromatic rings. The van der Waals surface area contributed by atoms with E-state index in [1.807, 2.05) is 0 Å². The zero-order valence-electron chi connectivity index (χ0n) is 16.8. The lowest BCUT2D eigenvalue weighted by atomic mass is 9.65. The van der Waals surface area contributed by atoms with E-state index in [1.54, 1.807) is 4.90 Å². The van der Waals surface area contributed by atoms with Crippen molar-refractivity contribution in [3.63, 3.8) is 0 Å². The highest BCUT2D eigenvalue weighted by molar-refractivity contribution is 5.31. The van der Waals surface area contributed by atoms with Gasteiger partial charge in [0.1, 0.15) is 12.6 Å². The Morgan fingerprint density at radius 1 is 1.23 bits per heavy atom. The number of ether oxygens (including phenoxy) is 1. The van der Waals surface area contributed by atoms with Crippen LogP contribution in [0.4, 0.5) is 0 Å². The molecule has 3 heteroatoms. The molecule has 144 valence electrons. The van der Waals surface area contributed by atoms with Gasteiger partial charge in [-0.3, -0.25) is 0 Å². The standard InChI is InChI=1S/C23H35NO2/c1-22(2)11-18-12-23(3,15-22)16-24(18)13-19(25)14-26-21-10-6-8-17-7-4-5-9-20(17)21/h4-5,7,9,18-19,21,25H,6,8,10-16H2,1-3H3/p+1/t18-,19-,21-,23-/m0/s1. The first-order valence-electron chi connectivity index (χ1n) is 10.6. The van der Waals surface area contributed by atoms with Crippen LogP contribution in [0, 0.1) is 10.8 Å². The highest BCUT2D eigenvalue weighted by atomic mass is 16.5. The van der Waals surface area contributed by atoms with Crippen LogP contribution in [0.5, 0.6) is 0 Å². The number of aliphatic hydroxyl groups is 1. The summed E-state index contributed by atoms with van der Waals surface area (Å²) >= 11 is 0. The summed E-state index contributed by atoms with van der Waals surface area (Å²) in [6.07, 6.45) is 7.18. The number of aliphatic hydroxyl groups excluding tert-OH is 1. The van der Waals surface area contributed by atoms with Crippen molar-refractivity contribution in [1.82, 2.24) is 0 Å². The van der Waals surface area contributed by atoms with Crippen LogP contribution in [0.3, 0.4) is 0 Å². The number of benzene rings is 1. The van der Waals surface area contributed by atoms with Crippen molar-refractivity contribution in [2.24, 2.45) is 10.8 Å². The second-order valence-corrected chi connectivity index (χ2v) is 10.4. The highest BCUT2D eigenvalue weighted by Crippen LogP contribution is 2.47. The highest BCUT2D eigenvalue weighted by Gasteiger charge is 2.52. The Hall–Kier alpha value is -0.900. The summed E-state index contributed by atoms with van der Waals surface area (Å²) in [5.74, 6) is 0. The largest absolute Gasteiger partial charge is 0.385 e. The molecule has 1 aromatic carbocycles. The molecule has 1 saturated heterocycles. The van der Waals surface area contributed by atoms with Crippen LogP contribution >= 0.6 is 0 Å². The number of aryl methyl sites for hydroxylation is 1. The molecule has 0 spiro atoms. The van der Waals surface area contributed by atoms with Gasteiger partial charge in [-0.05, 0) is 42.2 Å². The lowest BCUT2D eigenvalue weighted by Gasteiger charge is -2.37. The summed E-state index contributed by atoms with van der Waals surface area (Å²) in [4.78, 5) is 1.61. The molecule has 0 radical (unpaired) electrons. The summed E-state index contributed by atoms with van der Waals surface area (Å²) in [5.41, 5.74) is 3.68. The van der Waals surface area contributed by atoms with Crippen molar-refractivity contribution in [3.8, 4) is 0 Å². The van der Waals surface area contributed by atoms with Gasteiger partial charge < -0.3 is 14.7 Å². The van der Waals surface area contributed by atoms with Gasteiger partial charge in [0.05, 0.1) is 25.3 Å². The van der Waals surface area contributed by atoms with E-state index in [0.29, 0.717) is 23.5 Å². The van der Waals surface area contributed by atoms with Crippen molar-refractivity contribution in [3.05, 3.63) is 35.4 Å². The van der Waals surface area contributed by atoms with E-state index in [2.05, 4.69) is 45.0 Å². The number of rotatable bonds is 5. The van der Waals surface area contributed by atoms with E-state index in [9.17, 15) is 5.11 Å². The fourth-order valence-corrected chi connectivity index (χ4v) is 6.46. The number of likely N-dealkylation sites (tertiary alicyclic amines) is 1. The molecular weight excluding hydrogens is 322 g/mol. The Kier molecular flexibility index (Phi) is 4.92. The van der Waals surface area contributed by atoms with E-state index < -0.39 is 0 Å². The molecule has 3 nitrogen and oxygen atoms in total. The van der Waals surface area contributed by atoms with E-state index in [4.69, 9.17) is 4.74 Å². The van der Waals surface area contributed by atoms with Gasteiger partial charge in [-0.1, -0.05) is 45.0 Å².